The topological polar surface area (TPSA) is 54.3 Å². The van der Waals surface area contributed by atoms with Gasteiger partial charge < -0.3 is 15.0 Å². The minimum Gasteiger partial charge on any atom is -0.395 e. The van der Waals surface area contributed by atoms with Gasteiger partial charge in [-0.3, -0.25) is 4.79 Å². The normalized spacial score (nSPS) is 10.9. The highest BCUT2D eigenvalue weighted by molar-refractivity contribution is 5.96. The maximum Gasteiger partial charge on any atom is 0.251 e. The Balaban J connectivity index is 1.61. The Labute approximate surface area is 164 Å². The maximum atomic E-state index is 12.2. The summed E-state index contributed by atoms with van der Waals surface area (Å²) in [6.07, 6.45) is 2.11. The van der Waals surface area contributed by atoms with Gasteiger partial charge in [0, 0.05) is 35.8 Å². The van der Waals surface area contributed by atoms with Crippen molar-refractivity contribution in [2.75, 3.05) is 13.2 Å². The summed E-state index contributed by atoms with van der Waals surface area (Å²) in [5, 5.41) is 12.7. The van der Waals surface area contributed by atoms with Crippen LogP contribution in [-0.2, 0) is 6.54 Å². The Bertz CT molecular complexity index is 1100. The largest absolute Gasteiger partial charge is 0.395 e. The fourth-order valence-electron chi connectivity index (χ4n) is 3.41. The number of rotatable bonds is 6. The summed E-state index contributed by atoms with van der Waals surface area (Å²) in [4.78, 5) is 12.2. The Hall–Kier alpha value is -3.37. The molecule has 140 valence electrons. The van der Waals surface area contributed by atoms with E-state index in [9.17, 15) is 4.79 Å². The third-order valence-electron chi connectivity index (χ3n) is 4.82. The molecule has 4 aromatic rings. The minimum absolute atomic E-state index is 0.0674. The van der Waals surface area contributed by atoms with Crippen molar-refractivity contribution < 1.29 is 9.90 Å². The van der Waals surface area contributed by atoms with E-state index in [0.717, 1.165) is 17.7 Å². The average molecular weight is 370 g/mol. The van der Waals surface area contributed by atoms with Gasteiger partial charge in [-0.2, -0.15) is 0 Å². The second kappa shape index (κ2) is 8.11. The average Bonchev–Trinajstić information content (AvgIpc) is 3.15. The second-order valence-corrected chi connectivity index (χ2v) is 6.76. The van der Waals surface area contributed by atoms with Gasteiger partial charge in [0.15, 0.2) is 0 Å². The standard InChI is InChI=1S/C24H22N2O2/c27-14-12-25-24(28)22-8-4-7-19(16-22)20-9-10-23-21(15-20)11-13-26(23)17-18-5-2-1-3-6-18/h1-11,13,15-16,27H,12,14,17H2,(H,25,28). The lowest BCUT2D eigenvalue weighted by atomic mass is 10.0. The van der Waals surface area contributed by atoms with Crippen molar-refractivity contribution in [1.29, 1.82) is 0 Å². The zero-order valence-corrected chi connectivity index (χ0v) is 15.5. The molecule has 0 bridgehead atoms. The van der Waals surface area contributed by atoms with E-state index in [1.807, 2.05) is 24.3 Å². The van der Waals surface area contributed by atoms with Crippen LogP contribution in [0.5, 0.6) is 0 Å². The quantitative estimate of drug-likeness (QED) is 0.537. The van der Waals surface area contributed by atoms with E-state index in [-0.39, 0.29) is 19.1 Å². The molecule has 4 nitrogen and oxygen atoms in total. The molecule has 0 atom stereocenters. The van der Waals surface area contributed by atoms with Crippen LogP contribution in [0.15, 0.2) is 85.1 Å². The molecule has 28 heavy (non-hydrogen) atoms. The van der Waals surface area contributed by atoms with Crippen molar-refractivity contribution in [2.24, 2.45) is 0 Å². The third kappa shape index (κ3) is 3.82. The van der Waals surface area contributed by atoms with Crippen LogP contribution in [0, 0.1) is 0 Å². The van der Waals surface area contributed by atoms with Crippen LogP contribution in [0.25, 0.3) is 22.0 Å². The number of hydrogen-bond donors (Lipinski definition) is 2. The first kappa shape index (κ1) is 18.0. The number of carbonyl (C=O) groups is 1. The molecule has 0 aliphatic carbocycles. The number of aliphatic hydroxyl groups excluding tert-OH is 1. The molecule has 3 aromatic carbocycles. The molecule has 0 saturated heterocycles. The fourth-order valence-corrected chi connectivity index (χ4v) is 3.41. The Morgan fingerprint density at radius 2 is 1.71 bits per heavy atom. The van der Waals surface area contributed by atoms with Gasteiger partial charge in [0.1, 0.15) is 0 Å². The first-order valence-electron chi connectivity index (χ1n) is 9.37. The van der Waals surface area contributed by atoms with Crippen LogP contribution >= 0.6 is 0 Å². The molecule has 0 saturated carbocycles. The van der Waals surface area contributed by atoms with Crippen LogP contribution in [-0.4, -0.2) is 28.7 Å². The van der Waals surface area contributed by atoms with Gasteiger partial charge in [-0.25, -0.2) is 0 Å². The number of benzene rings is 3. The summed E-state index contributed by atoms with van der Waals surface area (Å²) >= 11 is 0. The van der Waals surface area contributed by atoms with Gasteiger partial charge in [-0.1, -0.05) is 48.5 Å². The van der Waals surface area contributed by atoms with Crippen molar-refractivity contribution in [3.05, 3.63) is 96.2 Å². The molecule has 0 fully saturated rings. The van der Waals surface area contributed by atoms with E-state index in [1.54, 1.807) is 6.07 Å². The number of aliphatic hydroxyl groups is 1. The summed E-state index contributed by atoms with van der Waals surface area (Å²) in [6.45, 7) is 1.02. The molecule has 1 heterocycles. The van der Waals surface area contributed by atoms with Crippen LogP contribution in [0.3, 0.4) is 0 Å². The Morgan fingerprint density at radius 1 is 0.893 bits per heavy atom. The molecule has 0 aliphatic rings. The van der Waals surface area contributed by atoms with E-state index >= 15 is 0 Å². The SMILES string of the molecule is O=C(NCCO)c1cccc(-c2ccc3c(ccn3Cc3ccccc3)c2)c1. The molecular formula is C24H22N2O2. The van der Waals surface area contributed by atoms with Crippen LogP contribution in [0.4, 0.5) is 0 Å². The first-order valence-corrected chi connectivity index (χ1v) is 9.37. The predicted octanol–water partition coefficient (Wildman–Crippen LogP) is 4.08. The molecule has 0 radical (unpaired) electrons. The summed E-state index contributed by atoms with van der Waals surface area (Å²) in [5.74, 6) is -0.175. The highest BCUT2D eigenvalue weighted by Gasteiger charge is 2.08. The van der Waals surface area contributed by atoms with Crippen molar-refractivity contribution in [3.8, 4) is 11.1 Å². The van der Waals surface area contributed by atoms with Crippen molar-refractivity contribution in [2.45, 2.75) is 6.54 Å². The van der Waals surface area contributed by atoms with Crippen molar-refractivity contribution in [3.63, 3.8) is 0 Å². The highest BCUT2D eigenvalue weighted by Crippen LogP contribution is 2.26. The van der Waals surface area contributed by atoms with E-state index in [1.165, 1.54) is 16.5 Å². The number of amides is 1. The van der Waals surface area contributed by atoms with E-state index in [2.05, 4.69) is 64.6 Å². The number of carbonyl (C=O) groups excluding carboxylic acids is 1. The van der Waals surface area contributed by atoms with Crippen molar-refractivity contribution >= 4 is 16.8 Å². The second-order valence-electron chi connectivity index (χ2n) is 6.76. The van der Waals surface area contributed by atoms with Gasteiger partial charge in [0.2, 0.25) is 0 Å². The number of fused-ring (bicyclic) bond motifs is 1. The number of nitrogens with one attached hydrogen (secondary N) is 1. The lowest BCUT2D eigenvalue weighted by Crippen LogP contribution is -2.26. The molecule has 4 heteroatoms. The Morgan fingerprint density at radius 3 is 2.54 bits per heavy atom. The van der Waals surface area contributed by atoms with E-state index in [4.69, 9.17) is 5.11 Å². The van der Waals surface area contributed by atoms with E-state index in [0.29, 0.717) is 5.56 Å². The van der Waals surface area contributed by atoms with Gasteiger partial charge in [-0.15, -0.1) is 0 Å². The predicted molar refractivity (Wildman–Crippen MR) is 112 cm³/mol. The summed E-state index contributed by atoms with van der Waals surface area (Å²) in [5.41, 5.74) is 5.11. The number of aromatic nitrogens is 1. The number of hydrogen-bond acceptors (Lipinski definition) is 2. The summed E-state index contributed by atoms with van der Waals surface area (Å²) in [6, 6.07) is 26.5. The molecule has 0 aliphatic heterocycles. The van der Waals surface area contributed by atoms with Gasteiger partial charge in [-0.05, 0) is 47.0 Å². The molecular weight excluding hydrogens is 348 g/mol. The fraction of sp³-hybridized carbons (Fsp3) is 0.125. The maximum absolute atomic E-state index is 12.2. The lowest BCUT2D eigenvalue weighted by molar-refractivity contribution is 0.0945. The number of nitrogens with zero attached hydrogens (tertiary/aromatic N) is 1. The molecule has 0 spiro atoms. The Kier molecular flexibility index (Phi) is 5.22. The van der Waals surface area contributed by atoms with Gasteiger partial charge in [0.05, 0.1) is 6.61 Å². The molecule has 2 N–H and O–H groups in total. The zero-order valence-electron chi connectivity index (χ0n) is 15.5. The highest BCUT2D eigenvalue weighted by atomic mass is 16.3. The molecule has 0 unspecified atom stereocenters. The van der Waals surface area contributed by atoms with Crippen LogP contribution in [0.1, 0.15) is 15.9 Å². The smallest absolute Gasteiger partial charge is 0.251 e. The summed E-state index contributed by atoms with van der Waals surface area (Å²) < 4.78 is 2.24. The molecule has 1 aromatic heterocycles. The first-order chi connectivity index (χ1) is 13.7. The lowest BCUT2D eigenvalue weighted by Gasteiger charge is -2.08. The van der Waals surface area contributed by atoms with E-state index < -0.39 is 0 Å². The minimum atomic E-state index is -0.175. The van der Waals surface area contributed by atoms with Crippen molar-refractivity contribution in [1.82, 2.24) is 9.88 Å². The van der Waals surface area contributed by atoms with Gasteiger partial charge >= 0.3 is 0 Å². The third-order valence-corrected chi connectivity index (χ3v) is 4.82. The monoisotopic (exact) mass is 370 g/mol. The molecule has 4 rings (SSSR count). The van der Waals surface area contributed by atoms with Crippen LogP contribution in [0.2, 0.25) is 0 Å². The molecule has 1 amide bonds. The van der Waals surface area contributed by atoms with Crippen LogP contribution < -0.4 is 5.32 Å². The van der Waals surface area contributed by atoms with Gasteiger partial charge in [0.25, 0.3) is 5.91 Å². The summed E-state index contributed by atoms with van der Waals surface area (Å²) in [7, 11) is 0. The zero-order chi connectivity index (χ0) is 19.3.